The minimum atomic E-state index is -4.58. The Morgan fingerprint density at radius 2 is 2.00 bits per heavy atom. The molecule has 1 aromatic carbocycles. The van der Waals surface area contributed by atoms with E-state index >= 15 is 0 Å². The summed E-state index contributed by atoms with van der Waals surface area (Å²) in [6.45, 7) is 7.00. The van der Waals surface area contributed by atoms with Crippen LogP contribution in [0.5, 0.6) is 0 Å². The number of carbonyl (C=O) groups is 1. The largest absolute Gasteiger partial charge is 0.416 e. The fourth-order valence-electron chi connectivity index (χ4n) is 6.33. The van der Waals surface area contributed by atoms with Crippen molar-refractivity contribution in [2.24, 2.45) is 13.0 Å². The van der Waals surface area contributed by atoms with Crippen LogP contribution in [0.4, 0.5) is 19.0 Å². The van der Waals surface area contributed by atoms with E-state index in [9.17, 15) is 18.0 Å². The summed E-state index contributed by atoms with van der Waals surface area (Å²) in [7, 11) is 1.89. The first-order chi connectivity index (χ1) is 20.1. The van der Waals surface area contributed by atoms with Gasteiger partial charge in [-0.1, -0.05) is 13.8 Å². The summed E-state index contributed by atoms with van der Waals surface area (Å²) < 4.78 is 50.7. The third-order valence-corrected chi connectivity index (χ3v) is 9.38. The number of pyridine rings is 1. The first kappa shape index (κ1) is 29.1. The molecule has 0 N–H and O–H groups in total. The number of aryl methyl sites for hydroxylation is 1. The number of carbonyl (C=O) groups excluding carboxylic acids is 1. The van der Waals surface area contributed by atoms with Crippen LogP contribution in [-0.2, 0) is 42.9 Å². The van der Waals surface area contributed by atoms with Gasteiger partial charge in [-0.05, 0) is 72.0 Å². The Morgan fingerprint density at radius 1 is 1.19 bits per heavy atom. The number of anilines is 1. The van der Waals surface area contributed by atoms with Crippen LogP contribution in [0.3, 0.4) is 0 Å². The molecule has 0 saturated carbocycles. The van der Waals surface area contributed by atoms with Gasteiger partial charge >= 0.3 is 6.18 Å². The van der Waals surface area contributed by atoms with Crippen LogP contribution >= 0.6 is 11.8 Å². The van der Waals surface area contributed by atoms with Crippen molar-refractivity contribution in [3.8, 4) is 0 Å². The zero-order chi connectivity index (χ0) is 29.6. The summed E-state index contributed by atoms with van der Waals surface area (Å²) in [6.07, 6.45) is -0.203. The van der Waals surface area contributed by atoms with Gasteiger partial charge in [0.2, 0.25) is 0 Å². The molecule has 12 heteroatoms. The Morgan fingerprint density at radius 3 is 2.64 bits per heavy atom. The molecule has 8 nitrogen and oxygen atoms in total. The van der Waals surface area contributed by atoms with Crippen molar-refractivity contribution in [3.63, 3.8) is 0 Å². The number of hydrogen-bond acceptors (Lipinski definition) is 7. The summed E-state index contributed by atoms with van der Waals surface area (Å²) >= 11 is 1.53. The van der Waals surface area contributed by atoms with Gasteiger partial charge in [-0.2, -0.15) is 13.2 Å². The summed E-state index contributed by atoms with van der Waals surface area (Å²) in [5.74, 6) is 1.96. The number of likely N-dealkylation sites (tertiary alicyclic amines) is 1. The fraction of sp³-hybridized carbons (Fsp3) is 0.533. The van der Waals surface area contributed by atoms with Crippen LogP contribution in [0.1, 0.15) is 65.1 Å². The quantitative estimate of drug-likeness (QED) is 0.327. The number of ether oxygens (including phenoxy) is 1. The van der Waals surface area contributed by atoms with Crippen LogP contribution < -0.4 is 4.90 Å². The highest BCUT2D eigenvalue weighted by Gasteiger charge is 2.44. The Bertz CT molecular complexity index is 1490. The van der Waals surface area contributed by atoms with Crippen molar-refractivity contribution in [2.45, 2.75) is 62.8 Å². The monoisotopic (exact) mass is 600 g/mol. The van der Waals surface area contributed by atoms with Crippen molar-refractivity contribution in [3.05, 3.63) is 64.2 Å². The molecule has 2 fully saturated rings. The van der Waals surface area contributed by atoms with Gasteiger partial charge in [0.25, 0.3) is 5.91 Å². The van der Waals surface area contributed by atoms with Gasteiger partial charge in [0.15, 0.2) is 0 Å². The van der Waals surface area contributed by atoms with Gasteiger partial charge in [-0.15, -0.1) is 22.0 Å². The number of alkyl halides is 3. The average molecular weight is 601 g/mol. The molecule has 1 atom stereocenters. The highest BCUT2D eigenvalue weighted by Crippen LogP contribution is 2.42. The minimum Gasteiger partial charge on any atom is -0.379 e. The molecular formula is C30H35F3N6O2S. The molecule has 3 aliphatic rings. The number of fused-ring (bicyclic) bond motifs is 1. The topological polar surface area (TPSA) is 76.4 Å². The van der Waals surface area contributed by atoms with Gasteiger partial charge in [0.05, 0.1) is 30.3 Å². The van der Waals surface area contributed by atoms with Gasteiger partial charge in [-0.3, -0.25) is 14.6 Å². The molecule has 2 aromatic heterocycles. The standard InChI is InChI=1S/C30H35F3N6O2S/c1-4-42-27-11-21(29(16-41-17-29)12-26-36-34-18-37(26)3)10-25(35-27)39-15-23-22(28(39)40)8-20(9-24(23)30(31,32)33)14-38-7-5-6-19(2)13-38/h8-11,18-19H,4-7,12-17H2,1-3H3. The molecule has 1 unspecified atom stereocenters. The van der Waals surface area contributed by atoms with E-state index in [-0.39, 0.29) is 17.7 Å². The van der Waals surface area contributed by atoms with E-state index in [1.165, 1.54) is 22.7 Å². The first-order valence-corrected chi connectivity index (χ1v) is 15.4. The number of benzene rings is 1. The van der Waals surface area contributed by atoms with Crippen molar-refractivity contribution >= 4 is 23.5 Å². The summed E-state index contributed by atoms with van der Waals surface area (Å²) in [5, 5.41) is 8.97. The van der Waals surface area contributed by atoms with Crippen LogP contribution in [0.25, 0.3) is 0 Å². The van der Waals surface area contributed by atoms with E-state index in [0.29, 0.717) is 48.5 Å². The molecule has 0 spiro atoms. The molecule has 3 aromatic rings. The van der Waals surface area contributed by atoms with E-state index in [4.69, 9.17) is 9.72 Å². The normalized spacial score (nSPS) is 20.6. The van der Waals surface area contributed by atoms with Gasteiger partial charge < -0.3 is 9.30 Å². The number of amides is 1. The molecule has 5 heterocycles. The predicted octanol–water partition coefficient (Wildman–Crippen LogP) is 5.24. The molecule has 224 valence electrons. The molecule has 1 amide bonds. The van der Waals surface area contributed by atoms with Crippen LogP contribution in [0.15, 0.2) is 35.6 Å². The maximum absolute atomic E-state index is 14.4. The molecule has 6 rings (SSSR count). The lowest BCUT2D eigenvalue weighted by Crippen LogP contribution is -2.49. The van der Waals surface area contributed by atoms with Crippen molar-refractivity contribution in [1.82, 2.24) is 24.6 Å². The molecule has 3 aliphatic heterocycles. The Hall–Kier alpha value is -2.96. The molecule has 0 radical (unpaired) electrons. The highest BCUT2D eigenvalue weighted by molar-refractivity contribution is 7.99. The van der Waals surface area contributed by atoms with Crippen LogP contribution in [0.2, 0.25) is 0 Å². The van der Waals surface area contributed by atoms with E-state index in [0.717, 1.165) is 43.1 Å². The highest BCUT2D eigenvalue weighted by atomic mass is 32.2. The average Bonchev–Trinajstić information content (AvgIpc) is 3.47. The third-order valence-electron chi connectivity index (χ3n) is 8.58. The SMILES string of the molecule is CCSc1cc(C2(Cc3nncn3C)COC2)cc(N2Cc3c(cc(CN4CCCC(C)C4)cc3C(F)(F)F)C2=O)n1. The van der Waals surface area contributed by atoms with E-state index < -0.39 is 23.1 Å². The lowest BCUT2D eigenvalue weighted by Gasteiger charge is -2.42. The maximum Gasteiger partial charge on any atom is 0.416 e. The third kappa shape index (κ3) is 5.56. The summed E-state index contributed by atoms with van der Waals surface area (Å²) in [6, 6.07) is 6.74. The number of halogens is 3. The number of hydrogen-bond donors (Lipinski definition) is 0. The molecule has 0 aliphatic carbocycles. The van der Waals surface area contributed by atoms with Gasteiger partial charge in [0, 0.05) is 37.5 Å². The van der Waals surface area contributed by atoms with Crippen molar-refractivity contribution in [1.29, 1.82) is 0 Å². The van der Waals surface area contributed by atoms with E-state index in [1.807, 2.05) is 30.7 Å². The summed E-state index contributed by atoms with van der Waals surface area (Å²) in [5.41, 5.74) is 0.443. The Labute approximate surface area is 247 Å². The van der Waals surface area contributed by atoms with Crippen LogP contribution in [-0.4, -0.2) is 62.6 Å². The van der Waals surface area contributed by atoms with E-state index in [1.54, 1.807) is 12.4 Å². The fourth-order valence-corrected chi connectivity index (χ4v) is 7.00. The van der Waals surface area contributed by atoms with E-state index in [2.05, 4.69) is 22.0 Å². The predicted molar refractivity (Wildman–Crippen MR) is 153 cm³/mol. The second-order valence-corrected chi connectivity index (χ2v) is 13.1. The number of aromatic nitrogens is 4. The Kier molecular flexibility index (Phi) is 7.82. The smallest absolute Gasteiger partial charge is 0.379 e. The number of rotatable bonds is 8. The second-order valence-electron chi connectivity index (χ2n) is 11.8. The molecule has 2 saturated heterocycles. The Balaban J connectivity index is 1.36. The van der Waals surface area contributed by atoms with Crippen molar-refractivity contribution in [2.75, 3.05) is 37.0 Å². The zero-order valence-corrected chi connectivity index (χ0v) is 24.9. The lowest BCUT2D eigenvalue weighted by atomic mass is 9.76. The second kappa shape index (κ2) is 11.3. The van der Waals surface area contributed by atoms with Crippen molar-refractivity contribution < 1.29 is 22.7 Å². The summed E-state index contributed by atoms with van der Waals surface area (Å²) in [4.78, 5) is 22.2. The number of thioether (sulfide) groups is 1. The van der Waals surface area contributed by atoms with Crippen LogP contribution in [0, 0.1) is 5.92 Å². The molecular weight excluding hydrogens is 565 g/mol. The first-order valence-electron chi connectivity index (χ1n) is 14.4. The number of piperidine rings is 1. The van der Waals surface area contributed by atoms with Gasteiger partial charge in [-0.25, -0.2) is 4.98 Å². The number of nitrogens with zero attached hydrogens (tertiary/aromatic N) is 6. The zero-order valence-electron chi connectivity index (χ0n) is 24.1. The molecule has 42 heavy (non-hydrogen) atoms. The minimum absolute atomic E-state index is 0.0148. The lowest BCUT2D eigenvalue weighted by molar-refractivity contribution is -0.138. The van der Waals surface area contributed by atoms with Gasteiger partial charge in [0.1, 0.15) is 18.0 Å². The maximum atomic E-state index is 14.4. The molecule has 0 bridgehead atoms.